The number of nitriles is 1. The van der Waals surface area contributed by atoms with Gasteiger partial charge in [0, 0.05) is 72.4 Å². The standard InChI is InChI=1S/C49H62ClN9O7/c1-47(2,3)40(44(64)59-27-35(60)23-38(59)43(63)53-26-30-11-13-31(14-12-30)41-54-29-55-58-41)56-39(61)28-65-22-10-8-9-21-52-34-18-15-32(16-19-34)42(62)57-45-48(4,5)46(49(45,6)7)66-36-20-17-33(25-51)37(50)24-36/h11-20,24,29,35,38,40,45-46,52,60H,8-10,21-23,26-28H2,1-7H3,(H,53,63)(H,56,61)(H,57,62)(H,54,55,58)/t35-,38+,40-,45-,46-/m1/s1. The van der Waals surface area contributed by atoms with Crippen molar-refractivity contribution in [1.82, 2.24) is 36.0 Å². The fourth-order valence-electron chi connectivity index (χ4n) is 9.21. The van der Waals surface area contributed by atoms with E-state index in [4.69, 9.17) is 21.1 Å². The minimum atomic E-state index is -0.954. The van der Waals surface area contributed by atoms with Crippen LogP contribution in [0.5, 0.6) is 5.75 Å². The van der Waals surface area contributed by atoms with Crippen LogP contribution in [0, 0.1) is 27.6 Å². The molecule has 4 amide bonds. The van der Waals surface area contributed by atoms with E-state index in [0.29, 0.717) is 40.9 Å². The second kappa shape index (κ2) is 21.1. The van der Waals surface area contributed by atoms with Crippen LogP contribution in [0.3, 0.4) is 0 Å². The summed E-state index contributed by atoms with van der Waals surface area (Å²) in [4.78, 5) is 58.0. The monoisotopic (exact) mass is 923 g/mol. The topological polar surface area (TPSA) is 224 Å². The lowest BCUT2D eigenvalue weighted by molar-refractivity contribution is -0.164. The second-order valence-corrected chi connectivity index (χ2v) is 19.8. The molecule has 4 aromatic rings. The molecule has 0 radical (unpaired) electrons. The van der Waals surface area contributed by atoms with Gasteiger partial charge in [-0.2, -0.15) is 5.26 Å². The molecule has 6 rings (SSSR count). The number of aromatic nitrogens is 3. The average Bonchev–Trinajstić information content (AvgIpc) is 3.97. The number of benzene rings is 3. The van der Waals surface area contributed by atoms with Gasteiger partial charge in [-0.1, -0.05) is 84.3 Å². The highest BCUT2D eigenvalue weighted by molar-refractivity contribution is 6.31. The number of halogens is 1. The smallest absolute Gasteiger partial charge is 0.251 e. The molecule has 0 bridgehead atoms. The summed E-state index contributed by atoms with van der Waals surface area (Å²) >= 11 is 6.23. The van der Waals surface area contributed by atoms with Gasteiger partial charge in [-0.15, -0.1) is 10.2 Å². The molecular formula is C49H62ClN9O7. The normalized spacial score (nSPS) is 20.0. The van der Waals surface area contributed by atoms with Gasteiger partial charge in [0.25, 0.3) is 5.91 Å². The number of carbonyl (C=O) groups excluding carboxylic acids is 4. The predicted octanol–water partition coefficient (Wildman–Crippen LogP) is 6.02. The van der Waals surface area contributed by atoms with Gasteiger partial charge >= 0.3 is 0 Å². The third kappa shape index (κ3) is 11.9. The minimum Gasteiger partial charge on any atom is -0.489 e. The number of likely N-dealkylation sites (tertiary alicyclic amines) is 1. The molecule has 0 unspecified atom stereocenters. The van der Waals surface area contributed by atoms with E-state index in [9.17, 15) is 29.5 Å². The average molecular weight is 925 g/mol. The number of nitrogens with one attached hydrogen (secondary N) is 5. The first kappa shape index (κ1) is 49.4. The number of ether oxygens (including phenoxy) is 2. The molecule has 352 valence electrons. The van der Waals surface area contributed by atoms with Crippen molar-refractivity contribution in [3.05, 3.63) is 94.8 Å². The molecule has 3 atom stereocenters. The van der Waals surface area contributed by atoms with Gasteiger partial charge in [0.05, 0.1) is 16.7 Å². The summed E-state index contributed by atoms with van der Waals surface area (Å²) < 4.78 is 12.0. The number of aliphatic hydroxyl groups is 1. The Morgan fingerprint density at radius 2 is 1.71 bits per heavy atom. The maximum atomic E-state index is 13.9. The maximum Gasteiger partial charge on any atom is 0.251 e. The molecular weight excluding hydrogens is 862 g/mol. The van der Waals surface area contributed by atoms with Crippen molar-refractivity contribution in [2.45, 2.75) is 111 Å². The van der Waals surface area contributed by atoms with Crippen LogP contribution < -0.4 is 26.0 Å². The summed E-state index contributed by atoms with van der Waals surface area (Å²) in [6.45, 7) is 14.8. The first-order chi connectivity index (χ1) is 31.3. The van der Waals surface area contributed by atoms with Crippen molar-refractivity contribution in [2.24, 2.45) is 16.2 Å². The molecule has 0 spiro atoms. The van der Waals surface area contributed by atoms with Gasteiger partial charge in [-0.25, -0.2) is 0 Å². The molecule has 6 N–H and O–H groups in total. The number of H-pyrrole nitrogens is 1. The number of nitrogens with zero attached hydrogens (tertiary/aromatic N) is 4. The van der Waals surface area contributed by atoms with E-state index in [1.54, 1.807) is 30.3 Å². The van der Waals surface area contributed by atoms with E-state index < -0.39 is 35.4 Å². The molecule has 66 heavy (non-hydrogen) atoms. The highest BCUT2D eigenvalue weighted by Crippen LogP contribution is 2.55. The van der Waals surface area contributed by atoms with Crippen LogP contribution in [0.25, 0.3) is 11.4 Å². The Morgan fingerprint density at radius 3 is 2.35 bits per heavy atom. The molecule has 2 aliphatic rings. The van der Waals surface area contributed by atoms with Crippen LogP contribution in [-0.4, -0.2) is 105 Å². The number of aliphatic hydroxyl groups excluding tert-OH is 1. The van der Waals surface area contributed by atoms with Crippen molar-refractivity contribution in [3.8, 4) is 23.2 Å². The largest absolute Gasteiger partial charge is 0.489 e. The van der Waals surface area contributed by atoms with Crippen molar-refractivity contribution < 1.29 is 33.8 Å². The number of amides is 4. The first-order valence-electron chi connectivity index (χ1n) is 22.4. The molecule has 1 aliphatic carbocycles. The molecule has 1 saturated carbocycles. The molecule has 1 aromatic heterocycles. The first-order valence-corrected chi connectivity index (χ1v) is 22.8. The highest BCUT2D eigenvalue weighted by atomic mass is 35.5. The fraction of sp³-hybridized carbons (Fsp3) is 0.490. The summed E-state index contributed by atoms with van der Waals surface area (Å²) in [5.41, 5.74) is 2.08. The summed E-state index contributed by atoms with van der Waals surface area (Å²) in [6.07, 6.45) is 2.94. The number of unbranched alkanes of at least 4 members (excludes halogenated alkanes) is 2. The van der Waals surface area contributed by atoms with Crippen molar-refractivity contribution >= 4 is 40.9 Å². The summed E-state index contributed by atoms with van der Waals surface area (Å²) in [5, 5.41) is 40.2. The molecule has 17 heteroatoms. The molecule has 16 nitrogen and oxygen atoms in total. The number of hydrogen-bond donors (Lipinski definition) is 6. The van der Waals surface area contributed by atoms with Crippen LogP contribution in [0.4, 0.5) is 5.69 Å². The third-order valence-corrected chi connectivity index (χ3v) is 12.8. The number of carbonyl (C=O) groups is 4. The summed E-state index contributed by atoms with van der Waals surface area (Å²) in [7, 11) is 0. The van der Waals surface area contributed by atoms with Gasteiger partial charge < -0.3 is 45.7 Å². The van der Waals surface area contributed by atoms with E-state index in [0.717, 1.165) is 36.1 Å². The molecule has 3 aromatic carbocycles. The number of aromatic amines is 1. The van der Waals surface area contributed by atoms with Gasteiger partial charge in [0.1, 0.15) is 42.9 Å². The Labute approximate surface area is 391 Å². The van der Waals surface area contributed by atoms with Crippen molar-refractivity contribution in [2.75, 3.05) is 31.6 Å². The van der Waals surface area contributed by atoms with Crippen LogP contribution in [0.15, 0.2) is 73.1 Å². The van der Waals surface area contributed by atoms with E-state index in [1.807, 2.05) is 57.2 Å². The Balaban J connectivity index is 0.875. The van der Waals surface area contributed by atoms with Gasteiger partial charge in [-0.3, -0.25) is 19.2 Å². The zero-order valence-electron chi connectivity index (χ0n) is 38.7. The SMILES string of the molecule is CC(C)(C)[C@H](NC(=O)COCCCCCNc1ccc(C(=O)N[C@H]2C(C)(C)[C@H](Oc3ccc(C#N)c(Cl)c3)C2(C)C)cc1)C(=O)N1C[C@H](O)C[C@H]1C(=O)NCc1ccc(-c2nnc[nH]2)cc1. The lowest BCUT2D eigenvalue weighted by Gasteiger charge is -2.63. The third-order valence-electron chi connectivity index (χ3n) is 12.5. The van der Waals surface area contributed by atoms with Crippen LogP contribution >= 0.6 is 11.6 Å². The Kier molecular flexibility index (Phi) is 15.8. The van der Waals surface area contributed by atoms with Crippen molar-refractivity contribution in [3.63, 3.8) is 0 Å². The van der Waals surface area contributed by atoms with Crippen molar-refractivity contribution in [1.29, 1.82) is 5.26 Å². The minimum absolute atomic E-state index is 0.0188. The Bertz CT molecular complexity index is 2340. The quantitative estimate of drug-likeness (QED) is 0.0597. The van der Waals surface area contributed by atoms with E-state index in [-0.39, 0.29) is 60.9 Å². The molecule has 1 saturated heterocycles. The Hall–Kier alpha value is -6.02. The Morgan fingerprint density at radius 1 is 1.00 bits per heavy atom. The number of rotatable bonds is 19. The molecule has 2 fully saturated rings. The maximum absolute atomic E-state index is 13.9. The van der Waals surface area contributed by atoms with Crippen LogP contribution in [0.1, 0.15) is 95.6 Å². The number of hydrogen-bond acceptors (Lipinski definition) is 11. The predicted molar refractivity (Wildman–Crippen MR) is 250 cm³/mol. The van der Waals surface area contributed by atoms with E-state index >= 15 is 0 Å². The number of β-amino-alcohol motifs (C(OH)–C–C–N with tert-alkyl or cyclic N) is 1. The highest BCUT2D eigenvalue weighted by Gasteiger charge is 2.64. The lowest BCUT2D eigenvalue weighted by atomic mass is 9.49. The van der Waals surface area contributed by atoms with E-state index in [1.165, 1.54) is 11.2 Å². The molecule has 1 aliphatic heterocycles. The van der Waals surface area contributed by atoms with Gasteiger partial charge in [0.2, 0.25) is 17.7 Å². The van der Waals surface area contributed by atoms with E-state index in [2.05, 4.69) is 70.2 Å². The summed E-state index contributed by atoms with van der Waals surface area (Å²) in [5.74, 6) is -0.226. The summed E-state index contributed by atoms with van der Waals surface area (Å²) in [6, 6.07) is 19.9. The van der Waals surface area contributed by atoms with Crippen LogP contribution in [-0.2, 0) is 25.7 Å². The van der Waals surface area contributed by atoms with Crippen LogP contribution in [0.2, 0.25) is 5.02 Å². The number of anilines is 1. The molecule has 2 heterocycles. The zero-order valence-corrected chi connectivity index (χ0v) is 39.5. The van der Waals surface area contributed by atoms with Gasteiger partial charge in [-0.05, 0) is 66.6 Å². The zero-order chi connectivity index (χ0) is 47.8. The van der Waals surface area contributed by atoms with Gasteiger partial charge in [0.15, 0.2) is 5.82 Å². The fourth-order valence-corrected chi connectivity index (χ4v) is 9.42. The lowest BCUT2D eigenvalue weighted by Crippen LogP contribution is -2.74. The second-order valence-electron chi connectivity index (χ2n) is 19.4.